The molecule has 1 fully saturated rings. The molecule has 1 aliphatic rings. The lowest BCUT2D eigenvalue weighted by atomic mass is 9.88. The van der Waals surface area contributed by atoms with Gasteiger partial charge < -0.3 is 16.4 Å². The minimum absolute atomic E-state index is 0.0734. The van der Waals surface area contributed by atoms with E-state index < -0.39 is 0 Å². The van der Waals surface area contributed by atoms with E-state index in [9.17, 15) is 9.59 Å². The number of benzene rings is 2. The van der Waals surface area contributed by atoms with Crippen LogP contribution in [0, 0.1) is 5.92 Å². The Hall–Kier alpha value is -2.66. The van der Waals surface area contributed by atoms with Crippen LogP contribution in [0.25, 0.3) is 0 Å². The van der Waals surface area contributed by atoms with E-state index in [1.165, 1.54) is 6.42 Å². The summed E-state index contributed by atoms with van der Waals surface area (Å²) in [6.45, 7) is 0. The van der Waals surface area contributed by atoms with Gasteiger partial charge in [-0.1, -0.05) is 55.7 Å². The highest BCUT2D eigenvalue weighted by molar-refractivity contribution is 5.95. The number of nitrogens with two attached hydrogens (primary N) is 1. The minimum Gasteiger partial charge on any atom is -0.326 e. The Morgan fingerprint density at radius 3 is 2.30 bits per heavy atom. The van der Waals surface area contributed by atoms with Gasteiger partial charge in [-0.15, -0.1) is 0 Å². The Bertz CT molecular complexity index is 770. The molecule has 0 aliphatic heterocycles. The highest BCUT2D eigenvalue weighted by Crippen LogP contribution is 2.25. The fourth-order valence-electron chi connectivity index (χ4n) is 3.51. The summed E-state index contributed by atoms with van der Waals surface area (Å²) in [6, 6.07) is 16.5. The van der Waals surface area contributed by atoms with Gasteiger partial charge in [-0.2, -0.15) is 0 Å². The zero-order valence-corrected chi connectivity index (χ0v) is 15.5. The average molecular weight is 365 g/mol. The van der Waals surface area contributed by atoms with Gasteiger partial charge in [-0.3, -0.25) is 9.59 Å². The van der Waals surface area contributed by atoms with Crippen LogP contribution >= 0.6 is 0 Å². The van der Waals surface area contributed by atoms with Crippen LogP contribution in [0.2, 0.25) is 0 Å². The maximum Gasteiger partial charge on any atom is 0.227 e. The molecule has 3 rings (SSSR count). The van der Waals surface area contributed by atoms with Gasteiger partial charge in [0.2, 0.25) is 11.8 Å². The number of rotatable bonds is 6. The molecule has 2 aromatic rings. The van der Waals surface area contributed by atoms with Crippen molar-refractivity contribution in [3.8, 4) is 0 Å². The van der Waals surface area contributed by atoms with Crippen LogP contribution in [0.4, 0.5) is 11.4 Å². The van der Waals surface area contributed by atoms with Crippen molar-refractivity contribution in [2.24, 2.45) is 11.7 Å². The Labute approximate surface area is 160 Å². The molecule has 1 unspecified atom stereocenters. The van der Waals surface area contributed by atoms with Crippen molar-refractivity contribution in [1.82, 2.24) is 0 Å². The molecule has 5 heteroatoms. The molecule has 1 saturated carbocycles. The Morgan fingerprint density at radius 2 is 1.59 bits per heavy atom. The average Bonchev–Trinajstić information content (AvgIpc) is 2.69. The van der Waals surface area contributed by atoms with Gasteiger partial charge in [-0.05, 0) is 36.6 Å². The summed E-state index contributed by atoms with van der Waals surface area (Å²) < 4.78 is 0. The number of hydrogen-bond acceptors (Lipinski definition) is 3. The molecule has 0 heterocycles. The highest BCUT2D eigenvalue weighted by Gasteiger charge is 2.21. The monoisotopic (exact) mass is 365 g/mol. The fraction of sp³-hybridized carbons (Fsp3) is 0.364. The van der Waals surface area contributed by atoms with Crippen molar-refractivity contribution in [3.05, 3.63) is 60.2 Å². The number of carbonyl (C=O) groups is 2. The SMILES string of the molecule is NC(CC(=O)Nc1cccc(NC(=O)C2CCCCC2)c1)c1ccccc1. The van der Waals surface area contributed by atoms with Crippen molar-refractivity contribution in [3.63, 3.8) is 0 Å². The summed E-state index contributed by atoms with van der Waals surface area (Å²) in [5.41, 5.74) is 8.40. The second-order valence-corrected chi connectivity index (χ2v) is 7.17. The van der Waals surface area contributed by atoms with E-state index in [1.54, 1.807) is 6.07 Å². The zero-order chi connectivity index (χ0) is 19.1. The van der Waals surface area contributed by atoms with Gasteiger partial charge in [0.1, 0.15) is 0 Å². The van der Waals surface area contributed by atoms with Gasteiger partial charge in [0.15, 0.2) is 0 Å². The van der Waals surface area contributed by atoms with Crippen LogP contribution in [0.15, 0.2) is 54.6 Å². The van der Waals surface area contributed by atoms with E-state index >= 15 is 0 Å². The molecule has 1 aliphatic carbocycles. The van der Waals surface area contributed by atoms with E-state index in [-0.39, 0.29) is 30.2 Å². The van der Waals surface area contributed by atoms with Gasteiger partial charge in [0.05, 0.1) is 0 Å². The third-order valence-corrected chi connectivity index (χ3v) is 5.02. The molecule has 2 amide bonds. The number of nitrogens with one attached hydrogen (secondary N) is 2. The van der Waals surface area contributed by atoms with Crippen LogP contribution in [0.1, 0.15) is 50.1 Å². The maximum absolute atomic E-state index is 12.4. The lowest BCUT2D eigenvalue weighted by molar-refractivity contribution is -0.120. The molecule has 0 bridgehead atoms. The molecule has 0 saturated heterocycles. The van der Waals surface area contributed by atoms with Crippen LogP contribution in [-0.4, -0.2) is 11.8 Å². The third-order valence-electron chi connectivity index (χ3n) is 5.02. The summed E-state index contributed by atoms with van der Waals surface area (Å²) in [6.07, 6.45) is 5.57. The first-order valence-electron chi connectivity index (χ1n) is 9.63. The molecule has 0 aromatic heterocycles. The molecule has 27 heavy (non-hydrogen) atoms. The topological polar surface area (TPSA) is 84.2 Å². The zero-order valence-electron chi connectivity index (χ0n) is 15.5. The molecular weight excluding hydrogens is 338 g/mol. The van der Waals surface area contributed by atoms with Gasteiger partial charge in [-0.25, -0.2) is 0 Å². The van der Waals surface area contributed by atoms with Crippen molar-refractivity contribution in [1.29, 1.82) is 0 Å². The largest absolute Gasteiger partial charge is 0.326 e. The lowest BCUT2D eigenvalue weighted by Crippen LogP contribution is -2.24. The van der Waals surface area contributed by atoms with E-state index in [1.807, 2.05) is 48.5 Å². The molecule has 5 nitrogen and oxygen atoms in total. The second kappa shape index (κ2) is 9.33. The Morgan fingerprint density at radius 1 is 0.926 bits per heavy atom. The summed E-state index contributed by atoms with van der Waals surface area (Å²) in [7, 11) is 0. The molecule has 0 spiro atoms. The maximum atomic E-state index is 12.4. The van der Waals surface area contributed by atoms with Crippen LogP contribution < -0.4 is 16.4 Å². The van der Waals surface area contributed by atoms with E-state index in [0.29, 0.717) is 11.4 Å². The first-order chi connectivity index (χ1) is 13.1. The van der Waals surface area contributed by atoms with Gasteiger partial charge >= 0.3 is 0 Å². The predicted octanol–water partition coefficient (Wildman–Crippen LogP) is 4.23. The smallest absolute Gasteiger partial charge is 0.227 e. The molecule has 2 aromatic carbocycles. The van der Waals surface area contributed by atoms with E-state index in [0.717, 1.165) is 31.2 Å². The van der Waals surface area contributed by atoms with E-state index in [4.69, 9.17) is 5.73 Å². The summed E-state index contributed by atoms with van der Waals surface area (Å²) in [5.74, 6) is 0.0206. The molecule has 142 valence electrons. The molecular formula is C22H27N3O2. The van der Waals surface area contributed by atoms with Gasteiger partial charge in [0.25, 0.3) is 0 Å². The van der Waals surface area contributed by atoms with E-state index in [2.05, 4.69) is 10.6 Å². The third kappa shape index (κ3) is 5.66. The first-order valence-corrected chi connectivity index (χ1v) is 9.63. The standard InChI is InChI=1S/C22H27N3O2/c23-20(16-8-3-1-4-9-16)15-21(26)24-18-12-7-13-19(14-18)25-22(27)17-10-5-2-6-11-17/h1,3-4,7-9,12-14,17,20H,2,5-6,10-11,15,23H2,(H,24,26)(H,25,27). The van der Waals surface area contributed by atoms with Crippen LogP contribution in [0.3, 0.4) is 0 Å². The number of carbonyl (C=O) groups excluding carboxylic acids is 2. The fourth-order valence-corrected chi connectivity index (χ4v) is 3.51. The quantitative estimate of drug-likeness (QED) is 0.716. The summed E-state index contributed by atoms with van der Waals surface area (Å²) in [5, 5.41) is 5.84. The Balaban J connectivity index is 1.55. The first kappa shape index (κ1) is 19.1. The summed E-state index contributed by atoms with van der Waals surface area (Å²) >= 11 is 0. The number of anilines is 2. The second-order valence-electron chi connectivity index (χ2n) is 7.17. The normalized spacial score (nSPS) is 15.7. The van der Waals surface area contributed by atoms with Crippen LogP contribution in [-0.2, 0) is 9.59 Å². The number of hydrogen-bond donors (Lipinski definition) is 3. The predicted molar refractivity (Wildman–Crippen MR) is 108 cm³/mol. The molecule has 1 atom stereocenters. The van der Waals surface area contributed by atoms with Crippen LogP contribution in [0.5, 0.6) is 0 Å². The van der Waals surface area contributed by atoms with Crippen molar-refractivity contribution in [2.75, 3.05) is 10.6 Å². The van der Waals surface area contributed by atoms with Crippen molar-refractivity contribution in [2.45, 2.75) is 44.6 Å². The highest BCUT2D eigenvalue weighted by atomic mass is 16.2. The van der Waals surface area contributed by atoms with Gasteiger partial charge in [0, 0.05) is 29.8 Å². The molecule has 4 N–H and O–H groups in total. The van der Waals surface area contributed by atoms with Crippen molar-refractivity contribution < 1.29 is 9.59 Å². The van der Waals surface area contributed by atoms with Crippen molar-refractivity contribution >= 4 is 23.2 Å². The lowest BCUT2D eigenvalue weighted by Gasteiger charge is -2.21. The molecule has 0 radical (unpaired) electrons. The minimum atomic E-state index is -0.347. The summed E-state index contributed by atoms with van der Waals surface area (Å²) in [4.78, 5) is 24.7. The number of amides is 2. The Kier molecular flexibility index (Phi) is 6.60.